The number of hydrogen-bond donors (Lipinski definition) is 1. The third-order valence-electron chi connectivity index (χ3n) is 3.80. The first-order valence-electron chi connectivity index (χ1n) is 7.12. The van der Waals surface area contributed by atoms with Crippen molar-refractivity contribution < 1.29 is 4.39 Å². The topological polar surface area (TPSA) is 28.7 Å². The van der Waals surface area contributed by atoms with Gasteiger partial charge >= 0.3 is 0 Å². The van der Waals surface area contributed by atoms with Gasteiger partial charge in [0.15, 0.2) is 0 Å². The number of thiophene rings is 1. The summed E-state index contributed by atoms with van der Waals surface area (Å²) in [5, 5.41) is 1.06. The molecule has 0 saturated heterocycles. The maximum absolute atomic E-state index is 13.8. The second-order valence-corrected chi connectivity index (χ2v) is 7.00. The van der Waals surface area contributed by atoms with Crippen LogP contribution in [0, 0.1) is 12.7 Å². The third kappa shape index (κ3) is 2.44. The molecule has 1 aromatic carbocycles. The number of fused-ring (bicyclic) bond motifs is 1. The molecule has 4 rings (SSSR count). The molecule has 0 unspecified atom stereocenters. The van der Waals surface area contributed by atoms with Gasteiger partial charge < -0.3 is 4.98 Å². The standard InChI is InChI=1S/C18H12ClFN2S/c1-10-5-6-16(23-10)11-7-13-14(9-22-18(13)21-8-11)12-3-2-4-15(20)17(12)19/h2-9H,1H3,(H,21,22). The van der Waals surface area contributed by atoms with Crippen LogP contribution < -0.4 is 0 Å². The molecule has 0 atom stereocenters. The Bertz CT molecular complexity index is 1020. The van der Waals surface area contributed by atoms with Gasteiger partial charge in [0.05, 0.1) is 5.02 Å². The van der Waals surface area contributed by atoms with E-state index in [0.717, 1.165) is 27.0 Å². The minimum atomic E-state index is -0.420. The van der Waals surface area contributed by atoms with E-state index in [1.165, 1.54) is 10.9 Å². The molecule has 5 heteroatoms. The lowest BCUT2D eigenvalue weighted by atomic mass is 10.0. The van der Waals surface area contributed by atoms with Crippen molar-refractivity contribution in [3.63, 3.8) is 0 Å². The summed E-state index contributed by atoms with van der Waals surface area (Å²) in [6.45, 7) is 2.08. The van der Waals surface area contributed by atoms with E-state index in [1.54, 1.807) is 17.4 Å². The molecular weight excluding hydrogens is 331 g/mol. The van der Waals surface area contributed by atoms with Gasteiger partial charge in [0.2, 0.25) is 0 Å². The summed E-state index contributed by atoms with van der Waals surface area (Å²) in [6.07, 6.45) is 3.67. The Morgan fingerprint density at radius 2 is 2.04 bits per heavy atom. The van der Waals surface area contributed by atoms with Crippen LogP contribution in [0.5, 0.6) is 0 Å². The Hall–Kier alpha value is -2.17. The highest BCUT2D eigenvalue weighted by Gasteiger charge is 2.14. The fraction of sp³-hybridized carbons (Fsp3) is 0.0556. The normalized spacial score (nSPS) is 11.3. The predicted octanol–water partition coefficient (Wildman–Crippen LogP) is 6.06. The van der Waals surface area contributed by atoms with E-state index in [9.17, 15) is 4.39 Å². The second-order valence-electron chi connectivity index (χ2n) is 5.33. The third-order valence-corrected chi connectivity index (χ3v) is 5.23. The monoisotopic (exact) mass is 342 g/mol. The van der Waals surface area contributed by atoms with Gasteiger partial charge in [-0.15, -0.1) is 11.3 Å². The van der Waals surface area contributed by atoms with Crippen LogP contribution in [-0.2, 0) is 0 Å². The molecular formula is C18H12ClFN2S. The first-order chi connectivity index (χ1) is 11.1. The van der Waals surface area contributed by atoms with Gasteiger partial charge in [0.1, 0.15) is 11.5 Å². The number of nitrogens with zero attached hydrogens (tertiary/aromatic N) is 1. The summed E-state index contributed by atoms with van der Waals surface area (Å²) in [5.41, 5.74) is 3.33. The highest BCUT2D eigenvalue weighted by Crippen LogP contribution is 2.36. The SMILES string of the molecule is Cc1ccc(-c2cnc3[nH]cc(-c4cccc(F)c4Cl)c3c2)s1. The van der Waals surface area contributed by atoms with E-state index >= 15 is 0 Å². The van der Waals surface area contributed by atoms with Crippen LogP contribution >= 0.6 is 22.9 Å². The smallest absolute Gasteiger partial charge is 0.142 e. The van der Waals surface area contributed by atoms with Gasteiger partial charge in [-0.2, -0.15) is 0 Å². The Labute approximate surface area is 141 Å². The maximum Gasteiger partial charge on any atom is 0.142 e. The van der Waals surface area contributed by atoms with Crippen molar-refractivity contribution in [3.8, 4) is 21.6 Å². The van der Waals surface area contributed by atoms with Crippen LogP contribution in [0.3, 0.4) is 0 Å². The van der Waals surface area contributed by atoms with E-state index in [2.05, 4.69) is 35.1 Å². The lowest BCUT2D eigenvalue weighted by Crippen LogP contribution is -1.84. The number of benzene rings is 1. The molecule has 0 aliphatic carbocycles. The highest BCUT2D eigenvalue weighted by molar-refractivity contribution is 7.15. The molecule has 1 N–H and O–H groups in total. The summed E-state index contributed by atoms with van der Waals surface area (Å²) in [7, 11) is 0. The molecule has 0 saturated carbocycles. The Morgan fingerprint density at radius 1 is 1.17 bits per heavy atom. The molecule has 0 aliphatic rings. The molecule has 3 heterocycles. The van der Waals surface area contributed by atoms with Crippen LogP contribution in [0.15, 0.2) is 48.8 Å². The number of H-pyrrole nitrogens is 1. The van der Waals surface area contributed by atoms with Crippen LogP contribution in [0.2, 0.25) is 5.02 Å². The van der Waals surface area contributed by atoms with Gasteiger partial charge in [-0.25, -0.2) is 9.37 Å². The molecule has 0 amide bonds. The van der Waals surface area contributed by atoms with E-state index in [1.807, 2.05) is 18.5 Å². The summed E-state index contributed by atoms with van der Waals surface area (Å²) >= 11 is 7.86. The van der Waals surface area contributed by atoms with Crippen molar-refractivity contribution in [2.45, 2.75) is 6.92 Å². The maximum atomic E-state index is 13.8. The average Bonchev–Trinajstić information content (AvgIpc) is 3.16. The van der Waals surface area contributed by atoms with Gasteiger partial charge in [-0.05, 0) is 31.2 Å². The van der Waals surface area contributed by atoms with E-state index < -0.39 is 5.82 Å². The zero-order valence-corrected chi connectivity index (χ0v) is 13.8. The molecule has 3 aromatic heterocycles. The predicted molar refractivity (Wildman–Crippen MR) is 94.5 cm³/mol. The van der Waals surface area contributed by atoms with Gasteiger partial charge in [0.25, 0.3) is 0 Å². The number of hydrogen-bond acceptors (Lipinski definition) is 2. The average molecular weight is 343 g/mol. The van der Waals surface area contributed by atoms with Gasteiger partial charge in [-0.1, -0.05) is 23.7 Å². The van der Waals surface area contributed by atoms with Crippen molar-refractivity contribution >= 4 is 34.0 Å². The molecule has 23 heavy (non-hydrogen) atoms. The minimum Gasteiger partial charge on any atom is -0.346 e. The fourth-order valence-corrected chi connectivity index (χ4v) is 3.74. The van der Waals surface area contributed by atoms with Crippen LogP contribution in [0.25, 0.3) is 32.6 Å². The summed E-state index contributed by atoms with van der Waals surface area (Å²) in [5.74, 6) is -0.420. The zero-order chi connectivity index (χ0) is 16.0. The molecule has 114 valence electrons. The molecule has 4 aromatic rings. The van der Waals surface area contributed by atoms with Crippen LogP contribution in [-0.4, -0.2) is 9.97 Å². The summed E-state index contributed by atoms with van der Waals surface area (Å²) in [6, 6.07) is 11.1. The molecule has 0 aliphatic heterocycles. The van der Waals surface area contributed by atoms with E-state index in [-0.39, 0.29) is 5.02 Å². The minimum absolute atomic E-state index is 0.130. The lowest BCUT2D eigenvalue weighted by molar-refractivity contribution is 0.629. The Balaban J connectivity index is 1.93. The van der Waals surface area contributed by atoms with Crippen molar-refractivity contribution in [2.75, 3.05) is 0 Å². The molecule has 0 fully saturated rings. The molecule has 0 spiro atoms. The van der Waals surface area contributed by atoms with Gasteiger partial charge in [-0.3, -0.25) is 0 Å². The Morgan fingerprint density at radius 3 is 2.83 bits per heavy atom. The quantitative estimate of drug-likeness (QED) is 0.471. The lowest BCUT2D eigenvalue weighted by Gasteiger charge is -2.04. The number of halogens is 2. The number of pyridine rings is 1. The summed E-state index contributed by atoms with van der Waals surface area (Å²) in [4.78, 5) is 10.0. The first-order valence-corrected chi connectivity index (χ1v) is 8.31. The Kier molecular flexibility index (Phi) is 3.43. The molecule has 0 radical (unpaired) electrons. The van der Waals surface area contributed by atoms with E-state index in [0.29, 0.717) is 5.56 Å². The van der Waals surface area contributed by atoms with Crippen molar-refractivity contribution in [1.82, 2.24) is 9.97 Å². The number of nitrogens with one attached hydrogen (secondary N) is 1. The number of aromatic amines is 1. The fourth-order valence-electron chi connectivity index (χ4n) is 2.66. The van der Waals surface area contributed by atoms with Crippen molar-refractivity contribution in [2.24, 2.45) is 0 Å². The number of rotatable bonds is 2. The van der Waals surface area contributed by atoms with Crippen LogP contribution in [0.4, 0.5) is 4.39 Å². The molecule has 2 nitrogen and oxygen atoms in total. The van der Waals surface area contributed by atoms with E-state index in [4.69, 9.17) is 11.6 Å². The number of aromatic nitrogens is 2. The van der Waals surface area contributed by atoms with Crippen LogP contribution in [0.1, 0.15) is 4.88 Å². The van der Waals surface area contributed by atoms with Crippen molar-refractivity contribution in [3.05, 3.63) is 64.5 Å². The summed E-state index contributed by atoms with van der Waals surface area (Å²) < 4.78 is 13.8. The van der Waals surface area contributed by atoms with Gasteiger partial charge in [0, 0.05) is 44.2 Å². The zero-order valence-electron chi connectivity index (χ0n) is 12.2. The largest absolute Gasteiger partial charge is 0.346 e. The molecule has 0 bridgehead atoms. The van der Waals surface area contributed by atoms with Crippen molar-refractivity contribution in [1.29, 1.82) is 0 Å². The second kappa shape index (κ2) is 5.48. The highest BCUT2D eigenvalue weighted by atomic mass is 35.5. The number of aryl methyl sites for hydroxylation is 1. The first kappa shape index (κ1) is 14.4.